The molecule has 0 N–H and O–H groups in total. The molecule has 0 unspecified atom stereocenters. The molecule has 94 valence electrons. The van der Waals surface area contributed by atoms with Gasteiger partial charge in [0.2, 0.25) is 0 Å². The van der Waals surface area contributed by atoms with E-state index in [0.717, 1.165) is 5.56 Å². The molecule has 0 amide bonds. The molecule has 2 aromatic rings. The molecular weight excluding hydrogens is 229 g/mol. The summed E-state index contributed by atoms with van der Waals surface area (Å²) >= 11 is 0. The minimum absolute atomic E-state index is 0.311. The van der Waals surface area contributed by atoms with Gasteiger partial charge in [-0.15, -0.1) is 0 Å². The van der Waals surface area contributed by atoms with E-state index in [4.69, 9.17) is 0 Å². The number of nitrogens with zero attached hydrogens (tertiary/aromatic N) is 3. The van der Waals surface area contributed by atoms with Gasteiger partial charge in [0, 0.05) is 11.6 Å². The Kier molecular flexibility index (Phi) is 3.67. The van der Waals surface area contributed by atoms with E-state index in [2.05, 4.69) is 27.9 Å². The molecule has 0 spiro atoms. The molecule has 0 saturated heterocycles. The van der Waals surface area contributed by atoms with Crippen LogP contribution in [-0.4, -0.2) is 29.0 Å². The van der Waals surface area contributed by atoms with E-state index in [0.29, 0.717) is 11.9 Å². The van der Waals surface area contributed by atoms with E-state index in [-0.39, 0.29) is 0 Å². The first kappa shape index (κ1) is 12.6. The molecule has 1 heterocycles. The predicted molar refractivity (Wildman–Crippen MR) is 69.5 cm³/mol. The van der Waals surface area contributed by atoms with Crippen LogP contribution in [0.3, 0.4) is 0 Å². The van der Waals surface area contributed by atoms with Crippen molar-refractivity contribution in [1.82, 2.24) is 14.9 Å². The van der Waals surface area contributed by atoms with Crippen molar-refractivity contribution >= 4 is 0 Å². The first-order chi connectivity index (χ1) is 8.58. The lowest BCUT2D eigenvalue weighted by molar-refractivity contribution is 0.321. The van der Waals surface area contributed by atoms with Gasteiger partial charge in [0.1, 0.15) is 0 Å². The Morgan fingerprint density at radius 1 is 1.17 bits per heavy atom. The molecule has 0 bridgehead atoms. The first-order valence-corrected chi connectivity index (χ1v) is 5.82. The summed E-state index contributed by atoms with van der Waals surface area (Å²) in [6.45, 7) is 2.13. The van der Waals surface area contributed by atoms with Crippen molar-refractivity contribution < 1.29 is 4.39 Å². The molecule has 1 atom stereocenters. The molecule has 3 nitrogen and oxygen atoms in total. The first-order valence-electron chi connectivity index (χ1n) is 5.82. The number of rotatable bonds is 3. The molecule has 4 heteroatoms. The molecule has 0 saturated carbocycles. The summed E-state index contributed by atoms with van der Waals surface area (Å²) in [5, 5.41) is 0. The van der Waals surface area contributed by atoms with Crippen molar-refractivity contribution in [2.24, 2.45) is 0 Å². The van der Waals surface area contributed by atoms with Gasteiger partial charge in [-0.1, -0.05) is 18.2 Å². The van der Waals surface area contributed by atoms with Crippen LogP contribution < -0.4 is 0 Å². The van der Waals surface area contributed by atoms with Crippen molar-refractivity contribution in [2.45, 2.75) is 13.0 Å². The fraction of sp³-hybridized carbons (Fsp3) is 0.286. The van der Waals surface area contributed by atoms with Crippen LogP contribution >= 0.6 is 0 Å². The summed E-state index contributed by atoms with van der Waals surface area (Å²) < 4.78 is 12.8. The molecule has 1 aromatic carbocycles. The Labute approximate surface area is 106 Å². The second-order valence-corrected chi connectivity index (χ2v) is 4.49. The normalized spacial score (nSPS) is 12.7. The lowest BCUT2D eigenvalue weighted by Crippen LogP contribution is -2.16. The molecule has 1 aromatic heterocycles. The Morgan fingerprint density at radius 2 is 1.83 bits per heavy atom. The highest BCUT2D eigenvalue weighted by atomic mass is 19.1. The number of hydrogen-bond donors (Lipinski definition) is 0. The Balaban J connectivity index is 2.35. The van der Waals surface area contributed by atoms with E-state index < -0.39 is 5.82 Å². The third kappa shape index (κ3) is 2.71. The second-order valence-electron chi connectivity index (χ2n) is 4.49. The maximum absolute atomic E-state index is 12.8. The molecule has 0 aliphatic heterocycles. The Morgan fingerprint density at radius 3 is 2.44 bits per heavy atom. The predicted octanol–water partition coefficient (Wildman–Crippen LogP) is 2.91. The van der Waals surface area contributed by atoms with Crippen LogP contribution in [-0.2, 0) is 0 Å². The average molecular weight is 245 g/mol. The van der Waals surface area contributed by atoms with E-state index in [1.54, 1.807) is 0 Å². The SMILES string of the molecule is C[C@H](c1cccc(-c2ncc(F)cn2)c1)N(C)C. The largest absolute Gasteiger partial charge is 0.303 e. The summed E-state index contributed by atoms with van der Waals surface area (Å²) in [5.41, 5.74) is 2.09. The molecule has 18 heavy (non-hydrogen) atoms. The second kappa shape index (κ2) is 5.23. The van der Waals surface area contributed by atoms with Gasteiger partial charge >= 0.3 is 0 Å². The van der Waals surface area contributed by atoms with Crippen molar-refractivity contribution in [3.63, 3.8) is 0 Å². The summed E-state index contributed by atoms with van der Waals surface area (Å²) in [5.74, 6) is 0.126. The van der Waals surface area contributed by atoms with Crippen molar-refractivity contribution in [1.29, 1.82) is 0 Å². The van der Waals surface area contributed by atoms with Crippen LogP contribution in [0.15, 0.2) is 36.7 Å². The van der Waals surface area contributed by atoms with Crippen molar-refractivity contribution in [3.05, 3.63) is 48.0 Å². The van der Waals surface area contributed by atoms with E-state index in [1.165, 1.54) is 18.0 Å². The number of benzene rings is 1. The van der Waals surface area contributed by atoms with Gasteiger partial charge in [0.05, 0.1) is 12.4 Å². The molecule has 0 aliphatic rings. The monoisotopic (exact) mass is 245 g/mol. The highest BCUT2D eigenvalue weighted by molar-refractivity contribution is 5.55. The van der Waals surface area contributed by atoms with Crippen molar-refractivity contribution in [3.8, 4) is 11.4 Å². The van der Waals surface area contributed by atoms with Gasteiger partial charge in [-0.25, -0.2) is 14.4 Å². The Hall–Kier alpha value is -1.81. The van der Waals surface area contributed by atoms with Gasteiger partial charge in [-0.05, 0) is 32.6 Å². The van der Waals surface area contributed by atoms with Crippen LogP contribution in [0.25, 0.3) is 11.4 Å². The number of hydrogen-bond acceptors (Lipinski definition) is 3. The van der Waals surface area contributed by atoms with E-state index in [9.17, 15) is 4.39 Å². The standard InChI is InChI=1S/C14H16FN3/c1-10(18(2)3)11-5-4-6-12(7-11)14-16-8-13(15)9-17-14/h4-10H,1-3H3/t10-/m1/s1. The topological polar surface area (TPSA) is 29.0 Å². The maximum Gasteiger partial charge on any atom is 0.159 e. The zero-order valence-electron chi connectivity index (χ0n) is 10.8. The lowest BCUT2D eigenvalue weighted by Gasteiger charge is -2.20. The summed E-state index contributed by atoms with van der Waals surface area (Å²) in [6, 6.07) is 8.32. The fourth-order valence-corrected chi connectivity index (χ4v) is 1.70. The highest BCUT2D eigenvalue weighted by Crippen LogP contribution is 2.22. The van der Waals surface area contributed by atoms with E-state index >= 15 is 0 Å². The van der Waals surface area contributed by atoms with Crippen LogP contribution in [0.5, 0.6) is 0 Å². The minimum atomic E-state index is -0.420. The molecule has 0 fully saturated rings. The van der Waals surface area contributed by atoms with Crippen LogP contribution in [0.1, 0.15) is 18.5 Å². The third-order valence-corrected chi connectivity index (χ3v) is 3.02. The lowest BCUT2D eigenvalue weighted by atomic mass is 10.0. The summed E-state index contributed by atoms with van der Waals surface area (Å²) in [7, 11) is 4.07. The smallest absolute Gasteiger partial charge is 0.159 e. The maximum atomic E-state index is 12.8. The van der Waals surface area contributed by atoms with Gasteiger partial charge in [0.25, 0.3) is 0 Å². The van der Waals surface area contributed by atoms with Crippen molar-refractivity contribution in [2.75, 3.05) is 14.1 Å². The third-order valence-electron chi connectivity index (χ3n) is 3.02. The van der Waals surface area contributed by atoms with Gasteiger partial charge in [0.15, 0.2) is 11.6 Å². The molecule has 0 radical (unpaired) electrons. The number of halogens is 1. The van der Waals surface area contributed by atoms with Crippen LogP contribution in [0, 0.1) is 5.82 Å². The van der Waals surface area contributed by atoms with Gasteiger partial charge in [-0.2, -0.15) is 0 Å². The fourth-order valence-electron chi connectivity index (χ4n) is 1.70. The average Bonchev–Trinajstić information content (AvgIpc) is 2.38. The zero-order chi connectivity index (χ0) is 13.1. The molecule has 0 aliphatic carbocycles. The zero-order valence-corrected chi connectivity index (χ0v) is 10.8. The number of aromatic nitrogens is 2. The van der Waals surface area contributed by atoms with Gasteiger partial charge < -0.3 is 4.90 Å². The quantitative estimate of drug-likeness (QED) is 0.832. The summed E-state index contributed by atoms with van der Waals surface area (Å²) in [4.78, 5) is 10.1. The van der Waals surface area contributed by atoms with Gasteiger partial charge in [-0.3, -0.25) is 0 Å². The van der Waals surface area contributed by atoms with Crippen LogP contribution in [0.4, 0.5) is 4.39 Å². The summed E-state index contributed by atoms with van der Waals surface area (Å²) in [6.07, 6.45) is 2.37. The Bertz CT molecular complexity index is 523. The highest BCUT2D eigenvalue weighted by Gasteiger charge is 2.09. The van der Waals surface area contributed by atoms with E-state index in [1.807, 2.05) is 32.3 Å². The molecular formula is C14H16FN3. The van der Waals surface area contributed by atoms with Crippen LogP contribution in [0.2, 0.25) is 0 Å². The molecule has 2 rings (SSSR count). The minimum Gasteiger partial charge on any atom is -0.303 e.